The first-order valence-corrected chi connectivity index (χ1v) is 8.44. The Bertz CT molecular complexity index is 863. The predicted octanol–water partition coefficient (Wildman–Crippen LogP) is 4.01. The van der Waals surface area contributed by atoms with E-state index >= 15 is 0 Å². The van der Waals surface area contributed by atoms with E-state index in [-0.39, 0.29) is 5.82 Å². The first kappa shape index (κ1) is 16.3. The van der Waals surface area contributed by atoms with Crippen LogP contribution < -0.4 is 5.73 Å². The number of aromatic nitrogens is 1. The molecule has 0 unspecified atom stereocenters. The number of rotatable bonds is 6. The van der Waals surface area contributed by atoms with Crippen molar-refractivity contribution in [3.63, 3.8) is 0 Å². The van der Waals surface area contributed by atoms with Gasteiger partial charge in [-0.1, -0.05) is 18.2 Å². The van der Waals surface area contributed by atoms with Gasteiger partial charge in [0.15, 0.2) is 0 Å². The van der Waals surface area contributed by atoms with Gasteiger partial charge in [-0.25, -0.2) is 9.37 Å². The molecule has 122 valence electrons. The highest BCUT2D eigenvalue weighted by Crippen LogP contribution is 2.23. The van der Waals surface area contributed by atoms with E-state index in [4.69, 9.17) is 10.2 Å². The van der Waals surface area contributed by atoms with Crippen LogP contribution in [0.2, 0.25) is 0 Å². The van der Waals surface area contributed by atoms with Crippen molar-refractivity contribution in [1.82, 2.24) is 4.98 Å². The van der Waals surface area contributed by atoms with Gasteiger partial charge in [0.2, 0.25) is 11.8 Å². The zero-order valence-corrected chi connectivity index (χ0v) is 13.6. The number of carbonyl (C=O) groups is 1. The first-order valence-electron chi connectivity index (χ1n) is 7.28. The fourth-order valence-electron chi connectivity index (χ4n) is 2.22. The highest BCUT2D eigenvalue weighted by atomic mass is 32.2. The minimum Gasteiger partial charge on any atom is -0.444 e. The molecule has 2 aromatic carbocycles. The smallest absolute Gasteiger partial charge is 0.248 e. The SMILES string of the molecule is NC(=O)c1cccc(CSCc2coc(-c3cccc(F)c3)n2)c1. The van der Waals surface area contributed by atoms with Gasteiger partial charge in [0.25, 0.3) is 0 Å². The molecule has 24 heavy (non-hydrogen) atoms. The summed E-state index contributed by atoms with van der Waals surface area (Å²) >= 11 is 1.64. The molecule has 3 aromatic rings. The standard InChI is InChI=1S/C18H15FN2O2S/c19-15-6-2-5-14(8-15)18-21-16(9-23-18)11-24-10-12-3-1-4-13(7-12)17(20)22/h1-9H,10-11H2,(H2,20,22). The van der Waals surface area contributed by atoms with E-state index in [1.165, 1.54) is 12.1 Å². The molecule has 0 saturated carbocycles. The number of oxazole rings is 1. The lowest BCUT2D eigenvalue weighted by molar-refractivity contribution is 0.1000. The zero-order chi connectivity index (χ0) is 16.9. The second-order valence-corrected chi connectivity index (χ2v) is 6.20. The molecule has 6 heteroatoms. The number of nitrogens with two attached hydrogens (primary N) is 1. The van der Waals surface area contributed by atoms with Gasteiger partial charge in [-0.3, -0.25) is 4.79 Å². The van der Waals surface area contributed by atoms with E-state index in [1.54, 1.807) is 42.3 Å². The predicted molar refractivity (Wildman–Crippen MR) is 91.9 cm³/mol. The van der Waals surface area contributed by atoms with E-state index in [2.05, 4.69) is 4.98 Å². The summed E-state index contributed by atoms with van der Waals surface area (Å²) in [5, 5.41) is 0. The van der Waals surface area contributed by atoms with E-state index in [0.29, 0.717) is 22.8 Å². The number of primary amides is 1. The Kier molecular flexibility index (Phi) is 4.96. The van der Waals surface area contributed by atoms with Crippen LogP contribution in [0.4, 0.5) is 4.39 Å². The lowest BCUT2D eigenvalue weighted by atomic mass is 10.1. The van der Waals surface area contributed by atoms with E-state index < -0.39 is 5.91 Å². The van der Waals surface area contributed by atoms with Crippen molar-refractivity contribution in [2.24, 2.45) is 5.73 Å². The molecule has 1 heterocycles. The Morgan fingerprint density at radius 2 is 2.00 bits per heavy atom. The maximum absolute atomic E-state index is 13.2. The number of nitrogens with zero attached hydrogens (tertiary/aromatic N) is 1. The third-order valence-corrected chi connectivity index (χ3v) is 4.39. The average molecular weight is 342 g/mol. The van der Waals surface area contributed by atoms with Crippen molar-refractivity contribution in [3.05, 3.63) is 77.4 Å². The van der Waals surface area contributed by atoms with Gasteiger partial charge >= 0.3 is 0 Å². The van der Waals surface area contributed by atoms with Crippen LogP contribution in [-0.2, 0) is 11.5 Å². The number of amides is 1. The maximum Gasteiger partial charge on any atom is 0.248 e. The van der Waals surface area contributed by atoms with Crippen LogP contribution >= 0.6 is 11.8 Å². The minimum atomic E-state index is -0.432. The fourth-order valence-corrected chi connectivity index (χ4v) is 3.07. The molecular formula is C18H15FN2O2S. The molecule has 1 amide bonds. The van der Waals surface area contributed by atoms with Gasteiger partial charge in [0, 0.05) is 22.6 Å². The first-order chi connectivity index (χ1) is 11.6. The highest BCUT2D eigenvalue weighted by Gasteiger charge is 2.08. The van der Waals surface area contributed by atoms with Crippen molar-refractivity contribution < 1.29 is 13.6 Å². The van der Waals surface area contributed by atoms with Crippen LogP contribution in [0.5, 0.6) is 0 Å². The summed E-state index contributed by atoms with van der Waals surface area (Å²) in [4.78, 5) is 15.5. The van der Waals surface area contributed by atoms with Crippen LogP contribution in [0.3, 0.4) is 0 Å². The minimum absolute atomic E-state index is 0.323. The Hall–Kier alpha value is -2.60. The lowest BCUT2D eigenvalue weighted by Crippen LogP contribution is -2.10. The van der Waals surface area contributed by atoms with Crippen molar-refractivity contribution in [2.75, 3.05) is 0 Å². The lowest BCUT2D eigenvalue weighted by Gasteiger charge is -2.02. The number of hydrogen-bond acceptors (Lipinski definition) is 4. The number of benzene rings is 2. The molecule has 0 aliphatic heterocycles. The summed E-state index contributed by atoms with van der Waals surface area (Å²) in [7, 11) is 0. The average Bonchev–Trinajstić information content (AvgIpc) is 3.04. The molecular weight excluding hydrogens is 327 g/mol. The van der Waals surface area contributed by atoms with Crippen LogP contribution in [-0.4, -0.2) is 10.9 Å². The fraction of sp³-hybridized carbons (Fsp3) is 0.111. The third-order valence-electron chi connectivity index (χ3n) is 3.35. The molecule has 0 fully saturated rings. The normalized spacial score (nSPS) is 10.7. The Labute approximate surface area is 142 Å². The molecule has 0 saturated heterocycles. The van der Waals surface area contributed by atoms with E-state index in [0.717, 1.165) is 17.0 Å². The zero-order valence-electron chi connectivity index (χ0n) is 12.7. The van der Waals surface area contributed by atoms with Crippen LogP contribution in [0, 0.1) is 5.82 Å². The topological polar surface area (TPSA) is 69.1 Å². The Balaban J connectivity index is 1.60. The number of thioether (sulfide) groups is 1. The Morgan fingerprint density at radius 1 is 1.17 bits per heavy atom. The summed E-state index contributed by atoms with van der Waals surface area (Å²) in [6, 6.07) is 13.4. The number of halogens is 1. The van der Waals surface area contributed by atoms with Gasteiger partial charge < -0.3 is 10.2 Å². The molecule has 0 aliphatic rings. The van der Waals surface area contributed by atoms with Crippen molar-refractivity contribution >= 4 is 17.7 Å². The number of hydrogen-bond donors (Lipinski definition) is 1. The second kappa shape index (κ2) is 7.31. The van der Waals surface area contributed by atoms with Crippen molar-refractivity contribution in [3.8, 4) is 11.5 Å². The molecule has 0 radical (unpaired) electrons. The van der Waals surface area contributed by atoms with Gasteiger partial charge in [-0.2, -0.15) is 11.8 Å². The van der Waals surface area contributed by atoms with Gasteiger partial charge in [0.1, 0.15) is 12.1 Å². The van der Waals surface area contributed by atoms with E-state index in [1.807, 2.05) is 12.1 Å². The van der Waals surface area contributed by atoms with Gasteiger partial charge in [0.05, 0.1) is 5.69 Å². The third kappa shape index (κ3) is 4.02. The van der Waals surface area contributed by atoms with Gasteiger partial charge in [-0.15, -0.1) is 0 Å². The van der Waals surface area contributed by atoms with Gasteiger partial charge in [-0.05, 0) is 35.9 Å². The monoisotopic (exact) mass is 342 g/mol. The molecule has 2 N–H and O–H groups in total. The Morgan fingerprint density at radius 3 is 2.79 bits per heavy atom. The van der Waals surface area contributed by atoms with Crippen LogP contribution in [0.1, 0.15) is 21.6 Å². The molecule has 4 nitrogen and oxygen atoms in total. The molecule has 3 rings (SSSR count). The summed E-state index contributed by atoms with van der Waals surface area (Å²) in [6.45, 7) is 0. The van der Waals surface area contributed by atoms with E-state index in [9.17, 15) is 9.18 Å². The second-order valence-electron chi connectivity index (χ2n) is 5.21. The highest BCUT2D eigenvalue weighted by molar-refractivity contribution is 7.97. The quantitative estimate of drug-likeness (QED) is 0.735. The molecule has 0 bridgehead atoms. The summed E-state index contributed by atoms with van der Waals surface area (Å²) in [6.07, 6.45) is 1.58. The largest absolute Gasteiger partial charge is 0.444 e. The van der Waals surface area contributed by atoms with Crippen LogP contribution in [0.15, 0.2) is 59.2 Å². The number of carbonyl (C=O) groups excluding carboxylic acids is 1. The maximum atomic E-state index is 13.2. The van der Waals surface area contributed by atoms with Crippen molar-refractivity contribution in [2.45, 2.75) is 11.5 Å². The molecule has 0 aliphatic carbocycles. The molecule has 0 spiro atoms. The molecule has 1 aromatic heterocycles. The molecule has 0 atom stereocenters. The summed E-state index contributed by atoms with van der Waals surface area (Å²) in [5.41, 5.74) is 8.19. The summed E-state index contributed by atoms with van der Waals surface area (Å²) in [5.74, 6) is 1.03. The van der Waals surface area contributed by atoms with Crippen LogP contribution in [0.25, 0.3) is 11.5 Å². The van der Waals surface area contributed by atoms with Crippen molar-refractivity contribution in [1.29, 1.82) is 0 Å². The summed E-state index contributed by atoms with van der Waals surface area (Å²) < 4.78 is 18.6.